The summed E-state index contributed by atoms with van der Waals surface area (Å²) in [4.78, 5) is 0. The van der Waals surface area contributed by atoms with Crippen molar-refractivity contribution in [2.75, 3.05) is 0 Å². The first-order valence-electron chi connectivity index (χ1n) is 5.97. The van der Waals surface area contributed by atoms with E-state index in [1.54, 1.807) is 37.3 Å². The topological polar surface area (TPSA) is 35.2 Å². The van der Waals surface area contributed by atoms with Gasteiger partial charge in [-0.1, -0.05) is 23.7 Å². The van der Waals surface area contributed by atoms with Crippen molar-refractivity contribution in [1.82, 2.24) is 0 Å². The number of hydrogen-bond acceptors (Lipinski definition) is 2. The van der Waals surface area contributed by atoms with Gasteiger partial charge in [0.1, 0.15) is 5.75 Å². The van der Waals surface area contributed by atoms with Crippen molar-refractivity contribution in [3.05, 3.63) is 58.4 Å². The van der Waals surface area contributed by atoms with Crippen LogP contribution in [0.5, 0.6) is 11.5 Å². The highest BCUT2D eigenvalue weighted by Gasteiger charge is 2.14. The molecule has 2 nitrogen and oxygen atoms in total. The van der Waals surface area contributed by atoms with Gasteiger partial charge in [0, 0.05) is 16.6 Å². The lowest BCUT2D eigenvalue weighted by atomic mass is 10.1. The summed E-state index contributed by atoms with van der Waals surface area (Å²) in [6, 6.07) is 9.61. The minimum atomic E-state index is -0.428. The Bertz CT molecular complexity index is 599. The maximum atomic E-state index is 13.9. The Balaban J connectivity index is 2.40. The van der Waals surface area contributed by atoms with Gasteiger partial charge >= 0.3 is 0 Å². The molecule has 0 unspecified atom stereocenters. The van der Waals surface area contributed by atoms with E-state index in [-0.39, 0.29) is 11.8 Å². The molecule has 0 amide bonds. The summed E-state index contributed by atoms with van der Waals surface area (Å²) in [6.07, 6.45) is 0. The van der Waals surface area contributed by atoms with E-state index >= 15 is 0 Å². The molecule has 2 aromatic carbocycles. The summed E-state index contributed by atoms with van der Waals surface area (Å²) in [7, 11) is 0. The van der Waals surface area contributed by atoms with Gasteiger partial charge in [-0.25, -0.2) is 4.39 Å². The van der Waals surface area contributed by atoms with Crippen molar-refractivity contribution in [3.8, 4) is 11.5 Å². The number of nitrogens with two attached hydrogens (primary N) is 1. The zero-order chi connectivity index (χ0) is 14.0. The molecule has 0 saturated carbocycles. The monoisotopic (exact) mass is 279 g/mol. The van der Waals surface area contributed by atoms with Gasteiger partial charge in [0.2, 0.25) is 0 Å². The molecule has 0 bridgehead atoms. The van der Waals surface area contributed by atoms with Crippen LogP contribution in [0.25, 0.3) is 0 Å². The van der Waals surface area contributed by atoms with Gasteiger partial charge in [0.15, 0.2) is 11.6 Å². The van der Waals surface area contributed by atoms with Crippen molar-refractivity contribution < 1.29 is 9.13 Å². The summed E-state index contributed by atoms with van der Waals surface area (Å²) in [5.41, 5.74) is 7.33. The van der Waals surface area contributed by atoms with E-state index in [0.29, 0.717) is 16.3 Å². The van der Waals surface area contributed by atoms with Crippen LogP contribution in [0.2, 0.25) is 5.02 Å². The number of para-hydroxylation sites is 1. The zero-order valence-electron chi connectivity index (χ0n) is 10.8. The van der Waals surface area contributed by atoms with Crippen LogP contribution >= 0.6 is 11.6 Å². The van der Waals surface area contributed by atoms with Crippen LogP contribution in [0.3, 0.4) is 0 Å². The zero-order valence-corrected chi connectivity index (χ0v) is 11.5. The first-order valence-corrected chi connectivity index (χ1v) is 6.35. The molecule has 0 saturated heterocycles. The molecule has 2 rings (SSSR count). The van der Waals surface area contributed by atoms with Crippen LogP contribution in [0.4, 0.5) is 4.39 Å². The molecule has 0 aliphatic heterocycles. The maximum absolute atomic E-state index is 13.9. The molecule has 0 aliphatic rings. The van der Waals surface area contributed by atoms with Gasteiger partial charge < -0.3 is 10.5 Å². The molecule has 0 radical (unpaired) electrons. The van der Waals surface area contributed by atoms with Gasteiger partial charge in [0.05, 0.1) is 0 Å². The molecule has 2 N–H and O–H groups in total. The lowest BCUT2D eigenvalue weighted by Gasteiger charge is -2.15. The van der Waals surface area contributed by atoms with Gasteiger partial charge in [-0.05, 0) is 43.7 Å². The van der Waals surface area contributed by atoms with Crippen LogP contribution in [-0.4, -0.2) is 0 Å². The van der Waals surface area contributed by atoms with Crippen molar-refractivity contribution in [1.29, 1.82) is 0 Å². The van der Waals surface area contributed by atoms with Crippen LogP contribution in [0.1, 0.15) is 24.1 Å². The van der Waals surface area contributed by atoms with Crippen molar-refractivity contribution in [2.45, 2.75) is 19.9 Å². The second-order valence-corrected chi connectivity index (χ2v) is 4.87. The van der Waals surface area contributed by atoms with E-state index in [2.05, 4.69) is 0 Å². The fourth-order valence-electron chi connectivity index (χ4n) is 1.79. The van der Waals surface area contributed by atoms with E-state index in [1.807, 2.05) is 6.92 Å². The Morgan fingerprint density at radius 1 is 1.26 bits per heavy atom. The third-order valence-electron chi connectivity index (χ3n) is 2.84. The number of ether oxygens (including phenoxy) is 1. The Morgan fingerprint density at radius 3 is 2.63 bits per heavy atom. The minimum absolute atomic E-state index is 0.166. The summed E-state index contributed by atoms with van der Waals surface area (Å²) in [5.74, 6) is 0.274. The van der Waals surface area contributed by atoms with Gasteiger partial charge in [-0.15, -0.1) is 0 Å². The van der Waals surface area contributed by atoms with Gasteiger partial charge in [-0.3, -0.25) is 0 Å². The molecule has 2 aromatic rings. The lowest BCUT2D eigenvalue weighted by Crippen LogP contribution is -2.07. The lowest BCUT2D eigenvalue weighted by molar-refractivity contribution is 0.432. The van der Waals surface area contributed by atoms with Gasteiger partial charge in [-0.2, -0.15) is 0 Å². The molecule has 0 fully saturated rings. The molecule has 100 valence electrons. The SMILES string of the molecule is Cc1cc(Oc2c(F)cccc2[C@H](C)N)ccc1Cl. The first kappa shape index (κ1) is 13.8. The predicted molar refractivity (Wildman–Crippen MR) is 75.3 cm³/mol. The number of benzene rings is 2. The fourth-order valence-corrected chi connectivity index (χ4v) is 1.91. The Kier molecular flexibility index (Phi) is 4.08. The van der Waals surface area contributed by atoms with Crippen LogP contribution < -0.4 is 10.5 Å². The maximum Gasteiger partial charge on any atom is 0.167 e. The van der Waals surface area contributed by atoms with Crippen molar-refractivity contribution >= 4 is 11.6 Å². The molecule has 19 heavy (non-hydrogen) atoms. The number of rotatable bonds is 3. The highest BCUT2D eigenvalue weighted by atomic mass is 35.5. The average Bonchev–Trinajstić information content (AvgIpc) is 2.36. The smallest absolute Gasteiger partial charge is 0.167 e. The summed E-state index contributed by atoms with van der Waals surface area (Å²) in [5, 5.41) is 0.647. The van der Waals surface area contributed by atoms with Crippen molar-refractivity contribution in [2.24, 2.45) is 5.73 Å². The Morgan fingerprint density at radius 2 is 2.00 bits per heavy atom. The summed E-state index contributed by atoms with van der Waals surface area (Å²) < 4.78 is 19.5. The second kappa shape index (κ2) is 5.59. The van der Waals surface area contributed by atoms with Gasteiger partial charge in [0.25, 0.3) is 0 Å². The molecule has 0 spiro atoms. The highest BCUT2D eigenvalue weighted by molar-refractivity contribution is 6.31. The molecular weight excluding hydrogens is 265 g/mol. The standard InChI is InChI=1S/C15H15ClFNO/c1-9-8-11(6-7-13(9)16)19-15-12(10(2)18)4-3-5-14(15)17/h3-8,10H,18H2,1-2H3/t10-/m0/s1. The van der Waals surface area contributed by atoms with E-state index in [9.17, 15) is 4.39 Å². The van der Waals surface area contributed by atoms with Crippen LogP contribution in [0.15, 0.2) is 36.4 Å². The predicted octanol–water partition coefficient (Wildman–Crippen LogP) is 4.60. The first-order chi connectivity index (χ1) is 8.99. The van der Waals surface area contributed by atoms with E-state index in [4.69, 9.17) is 22.1 Å². The Hall–Kier alpha value is -1.58. The normalized spacial score (nSPS) is 12.3. The number of halogens is 2. The summed E-state index contributed by atoms with van der Waals surface area (Å²) in [6.45, 7) is 3.65. The van der Waals surface area contributed by atoms with Crippen LogP contribution in [0, 0.1) is 12.7 Å². The quantitative estimate of drug-likeness (QED) is 0.891. The molecular formula is C15H15ClFNO. The Labute approximate surface area is 117 Å². The minimum Gasteiger partial charge on any atom is -0.454 e. The fraction of sp³-hybridized carbons (Fsp3) is 0.200. The summed E-state index contributed by atoms with van der Waals surface area (Å²) >= 11 is 5.95. The second-order valence-electron chi connectivity index (χ2n) is 4.46. The molecule has 0 aliphatic carbocycles. The number of hydrogen-bond donors (Lipinski definition) is 1. The number of aryl methyl sites for hydroxylation is 1. The average molecular weight is 280 g/mol. The molecule has 0 heterocycles. The highest BCUT2D eigenvalue weighted by Crippen LogP contribution is 2.32. The third-order valence-corrected chi connectivity index (χ3v) is 3.26. The largest absolute Gasteiger partial charge is 0.454 e. The molecule has 1 atom stereocenters. The van der Waals surface area contributed by atoms with Crippen LogP contribution in [-0.2, 0) is 0 Å². The van der Waals surface area contributed by atoms with Crippen molar-refractivity contribution in [3.63, 3.8) is 0 Å². The van der Waals surface area contributed by atoms with E-state index in [0.717, 1.165) is 5.56 Å². The molecule has 0 aromatic heterocycles. The van der Waals surface area contributed by atoms with E-state index < -0.39 is 5.82 Å². The van der Waals surface area contributed by atoms with E-state index in [1.165, 1.54) is 6.07 Å². The third kappa shape index (κ3) is 3.06. The molecule has 4 heteroatoms.